The molecule has 2 rings (SSSR count). The summed E-state index contributed by atoms with van der Waals surface area (Å²) in [5, 5.41) is 0. The van der Waals surface area contributed by atoms with Crippen LogP contribution in [0, 0.1) is 0 Å². The van der Waals surface area contributed by atoms with E-state index in [1.54, 1.807) is 6.92 Å². The van der Waals surface area contributed by atoms with Crippen LogP contribution >= 0.6 is 0 Å². The summed E-state index contributed by atoms with van der Waals surface area (Å²) < 4.78 is 0. The Hall–Kier alpha value is -0.410. The second-order valence-corrected chi connectivity index (χ2v) is 7.29. The largest absolute Gasteiger partial charge is 0.298 e. The summed E-state index contributed by atoms with van der Waals surface area (Å²) in [6, 6.07) is 0. The van der Waals surface area contributed by atoms with Crippen molar-refractivity contribution in [3.63, 3.8) is 0 Å². The van der Waals surface area contributed by atoms with Gasteiger partial charge in [0.05, 0.1) is 5.54 Å². The Labute approximate surface area is 118 Å². The van der Waals surface area contributed by atoms with Crippen molar-refractivity contribution in [2.45, 2.75) is 70.9 Å². The Morgan fingerprint density at radius 2 is 1.47 bits per heavy atom. The molecule has 110 valence electrons. The molecule has 0 N–H and O–H groups in total. The highest BCUT2D eigenvalue weighted by Crippen LogP contribution is 2.34. The minimum atomic E-state index is -0.151. The summed E-state index contributed by atoms with van der Waals surface area (Å²) in [5.41, 5.74) is 0.0764. The van der Waals surface area contributed by atoms with E-state index in [4.69, 9.17) is 0 Å². The van der Waals surface area contributed by atoms with Gasteiger partial charge in [-0.1, -0.05) is 6.42 Å². The lowest BCUT2D eigenvalue weighted by Crippen LogP contribution is -2.62. The van der Waals surface area contributed by atoms with Gasteiger partial charge in [-0.25, -0.2) is 0 Å². The number of rotatable bonds is 2. The van der Waals surface area contributed by atoms with Crippen molar-refractivity contribution in [2.24, 2.45) is 0 Å². The SMILES string of the molecule is CC(=O)C1(N2CCCCC2)CCN(C(C)(C)C)CC1. The Bertz CT molecular complexity index is 318. The van der Waals surface area contributed by atoms with Crippen molar-refractivity contribution < 1.29 is 4.79 Å². The molecule has 2 fully saturated rings. The molecule has 0 amide bonds. The third-order valence-corrected chi connectivity index (χ3v) is 5.16. The molecule has 0 aromatic heterocycles. The lowest BCUT2D eigenvalue weighted by molar-refractivity contribution is -0.134. The number of Topliss-reactive ketones (excluding diaryl/α,β-unsaturated/α-hetero) is 1. The number of carbonyl (C=O) groups is 1. The van der Waals surface area contributed by atoms with Gasteiger partial charge in [0.2, 0.25) is 0 Å². The molecule has 0 spiro atoms. The highest BCUT2D eigenvalue weighted by molar-refractivity contribution is 5.86. The lowest BCUT2D eigenvalue weighted by atomic mass is 9.80. The number of likely N-dealkylation sites (tertiary alicyclic amines) is 2. The monoisotopic (exact) mass is 266 g/mol. The van der Waals surface area contributed by atoms with Gasteiger partial charge in [-0.3, -0.25) is 14.6 Å². The van der Waals surface area contributed by atoms with Crippen molar-refractivity contribution in [3.05, 3.63) is 0 Å². The van der Waals surface area contributed by atoms with Crippen LogP contribution in [0.15, 0.2) is 0 Å². The molecule has 2 heterocycles. The fourth-order valence-electron chi connectivity index (χ4n) is 3.76. The number of nitrogens with zero attached hydrogens (tertiary/aromatic N) is 2. The quantitative estimate of drug-likeness (QED) is 0.768. The van der Waals surface area contributed by atoms with Crippen molar-refractivity contribution >= 4 is 5.78 Å². The van der Waals surface area contributed by atoms with E-state index in [1.165, 1.54) is 19.3 Å². The molecule has 0 aliphatic carbocycles. The molecule has 2 aliphatic heterocycles. The topological polar surface area (TPSA) is 23.6 Å². The van der Waals surface area contributed by atoms with Crippen LogP contribution in [-0.4, -0.2) is 52.8 Å². The Morgan fingerprint density at radius 3 is 1.89 bits per heavy atom. The zero-order valence-electron chi connectivity index (χ0n) is 13.2. The minimum Gasteiger partial charge on any atom is -0.298 e. The van der Waals surface area contributed by atoms with Gasteiger partial charge < -0.3 is 0 Å². The van der Waals surface area contributed by atoms with E-state index in [2.05, 4.69) is 30.6 Å². The number of hydrogen-bond acceptors (Lipinski definition) is 3. The maximum absolute atomic E-state index is 12.3. The molecule has 3 heteroatoms. The molecule has 0 aromatic rings. The van der Waals surface area contributed by atoms with Crippen LogP contribution in [-0.2, 0) is 4.79 Å². The second-order valence-electron chi connectivity index (χ2n) is 7.29. The zero-order chi connectivity index (χ0) is 14.1. The molecule has 2 aliphatic rings. The van der Waals surface area contributed by atoms with Crippen LogP contribution in [0.5, 0.6) is 0 Å². The predicted octanol–water partition coefficient (Wildman–Crippen LogP) is 2.69. The number of carbonyl (C=O) groups excluding carboxylic acids is 1. The third-order valence-electron chi connectivity index (χ3n) is 5.16. The van der Waals surface area contributed by atoms with Gasteiger partial charge >= 0.3 is 0 Å². The van der Waals surface area contributed by atoms with Crippen molar-refractivity contribution in [2.75, 3.05) is 26.2 Å². The summed E-state index contributed by atoms with van der Waals surface area (Å²) in [6.45, 7) is 13.0. The van der Waals surface area contributed by atoms with Gasteiger partial charge in [0, 0.05) is 18.6 Å². The van der Waals surface area contributed by atoms with E-state index < -0.39 is 0 Å². The fourth-order valence-corrected chi connectivity index (χ4v) is 3.76. The molecular formula is C16H30N2O. The standard InChI is InChI=1S/C16H30N2O/c1-14(19)16(18-10-6-5-7-11-18)8-12-17(13-9-16)15(2,3)4/h5-13H2,1-4H3. The molecule has 2 saturated heterocycles. The lowest BCUT2D eigenvalue weighted by Gasteiger charge is -2.51. The van der Waals surface area contributed by atoms with Gasteiger partial charge in [0.15, 0.2) is 0 Å². The van der Waals surface area contributed by atoms with Crippen LogP contribution in [0.1, 0.15) is 59.8 Å². The molecular weight excluding hydrogens is 236 g/mol. The van der Waals surface area contributed by atoms with E-state index in [1.807, 2.05) is 0 Å². The summed E-state index contributed by atoms with van der Waals surface area (Å²) >= 11 is 0. The van der Waals surface area contributed by atoms with Crippen LogP contribution in [0.4, 0.5) is 0 Å². The first-order valence-corrected chi connectivity index (χ1v) is 7.87. The summed E-state index contributed by atoms with van der Waals surface area (Å²) in [5.74, 6) is 0.392. The summed E-state index contributed by atoms with van der Waals surface area (Å²) in [4.78, 5) is 17.3. The second kappa shape index (κ2) is 5.53. The first-order valence-electron chi connectivity index (χ1n) is 7.87. The Morgan fingerprint density at radius 1 is 0.947 bits per heavy atom. The molecule has 0 bridgehead atoms. The van der Waals surface area contributed by atoms with Crippen LogP contribution in [0.3, 0.4) is 0 Å². The summed E-state index contributed by atoms with van der Waals surface area (Å²) in [6.07, 6.45) is 5.88. The van der Waals surface area contributed by atoms with Gasteiger partial charge in [-0.2, -0.15) is 0 Å². The van der Waals surface area contributed by atoms with E-state index in [-0.39, 0.29) is 11.1 Å². The van der Waals surface area contributed by atoms with E-state index in [0.29, 0.717) is 5.78 Å². The van der Waals surface area contributed by atoms with Gasteiger partial charge in [0.1, 0.15) is 5.78 Å². The van der Waals surface area contributed by atoms with E-state index in [0.717, 1.165) is 39.0 Å². The highest BCUT2D eigenvalue weighted by Gasteiger charge is 2.45. The first kappa shape index (κ1) is 15.0. The number of piperidine rings is 2. The normalized spacial score (nSPS) is 26.3. The van der Waals surface area contributed by atoms with Crippen LogP contribution in [0.25, 0.3) is 0 Å². The molecule has 0 saturated carbocycles. The molecule has 3 nitrogen and oxygen atoms in total. The molecule has 0 radical (unpaired) electrons. The average Bonchev–Trinajstić information content (AvgIpc) is 2.38. The van der Waals surface area contributed by atoms with E-state index >= 15 is 0 Å². The average molecular weight is 266 g/mol. The van der Waals surface area contributed by atoms with Crippen molar-refractivity contribution in [1.29, 1.82) is 0 Å². The Kier molecular flexibility index (Phi) is 4.36. The van der Waals surface area contributed by atoms with Crippen LogP contribution in [0.2, 0.25) is 0 Å². The van der Waals surface area contributed by atoms with Crippen molar-refractivity contribution in [1.82, 2.24) is 9.80 Å². The predicted molar refractivity (Wildman–Crippen MR) is 79.4 cm³/mol. The first-order chi connectivity index (χ1) is 8.86. The molecule has 19 heavy (non-hydrogen) atoms. The third kappa shape index (κ3) is 3.03. The minimum absolute atomic E-state index is 0.151. The van der Waals surface area contributed by atoms with Crippen molar-refractivity contribution in [3.8, 4) is 0 Å². The van der Waals surface area contributed by atoms with Gasteiger partial charge in [0.25, 0.3) is 0 Å². The maximum Gasteiger partial charge on any atom is 0.150 e. The smallest absolute Gasteiger partial charge is 0.150 e. The molecule has 0 atom stereocenters. The zero-order valence-corrected chi connectivity index (χ0v) is 13.2. The number of ketones is 1. The Balaban J connectivity index is 2.09. The highest BCUT2D eigenvalue weighted by atomic mass is 16.1. The van der Waals surface area contributed by atoms with E-state index in [9.17, 15) is 4.79 Å². The van der Waals surface area contributed by atoms with Gasteiger partial charge in [-0.05, 0) is 66.5 Å². The van der Waals surface area contributed by atoms with Crippen LogP contribution < -0.4 is 0 Å². The molecule has 0 unspecified atom stereocenters. The maximum atomic E-state index is 12.3. The van der Waals surface area contributed by atoms with Gasteiger partial charge in [-0.15, -0.1) is 0 Å². The number of hydrogen-bond donors (Lipinski definition) is 0. The molecule has 0 aromatic carbocycles. The fraction of sp³-hybridized carbons (Fsp3) is 0.938. The summed E-state index contributed by atoms with van der Waals surface area (Å²) in [7, 11) is 0.